The molecule has 2 N–H and O–H groups in total. The van der Waals surface area contributed by atoms with Crippen LogP contribution >= 0.6 is 11.3 Å². The number of thiophene rings is 1. The van der Waals surface area contributed by atoms with Crippen LogP contribution in [0.25, 0.3) is 0 Å². The maximum atomic E-state index is 11.3. The Balaban J connectivity index is 2.13. The zero-order chi connectivity index (χ0) is 13.0. The second-order valence-electron chi connectivity index (χ2n) is 4.13. The number of aliphatic carboxylic acids is 1. The summed E-state index contributed by atoms with van der Waals surface area (Å²) < 4.78 is 0. The third-order valence-electron chi connectivity index (χ3n) is 2.84. The zero-order valence-electron chi connectivity index (χ0n) is 10.0. The van der Waals surface area contributed by atoms with Crippen LogP contribution in [-0.2, 0) is 4.79 Å². The van der Waals surface area contributed by atoms with Crippen molar-refractivity contribution < 1.29 is 9.90 Å². The molecule has 2 aromatic rings. The Bertz CT molecular complexity index is 496. The lowest BCUT2D eigenvalue weighted by molar-refractivity contribution is -0.139. The summed E-state index contributed by atoms with van der Waals surface area (Å²) in [4.78, 5) is 11.3. The Morgan fingerprint density at radius 3 is 2.50 bits per heavy atom. The normalized spacial score (nSPS) is 14.1. The van der Waals surface area contributed by atoms with Crippen LogP contribution in [0.2, 0.25) is 0 Å². The molecule has 0 bridgehead atoms. The molecule has 2 rings (SSSR count). The largest absolute Gasteiger partial charge is 0.480 e. The number of benzene rings is 1. The van der Waals surface area contributed by atoms with Gasteiger partial charge in [-0.2, -0.15) is 11.3 Å². The van der Waals surface area contributed by atoms with Gasteiger partial charge in [0.05, 0.1) is 0 Å². The van der Waals surface area contributed by atoms with Gasteiger partial charge in [0, 0.05) is 6.04 Å². The molecule has 0 aliphatic rings. The molecular formula is C14H15NO2S. The molecule has 0 radical (unpaired) electrons. The molecule has 0 saturated carbocycles. The molecule has 0 fully saturated rings. The SMILES string of the molecule is CC(NC(C(=O)O)c1ccsc1)c1ccccc1. The van der Waals surface area contributed by atoms with E-state index in [0.29, 0.717) is 0 Å². The van der Waals surface area contributed by atoms with Crippen molar-refractivity contribution in [2.45, 2.75) is 19.0 Å². The van der Waals surface area contributed by atoms with E-state index in [-0.39, 0.29) is 6.04 Å². The molecule has 0 spiro atoms. The van der Waals surface area contributed by atoms with Crippen LogP contribution in [0.15, 0.2) is 47.2 Å². The monoisotopic (exact) mass is 261 g/mol. The van der Waals surface area contributed by atoms with Gasteiger partial charge >= 0.3 is 5.97 Å². The van der Waals surface area contributed by atoms with Gasteiger partial charge < -0.3 is 5.11 Å². The molecule has 1 heterocycles. The zero-order valence-corrected chi connectivity index (χ0v) is 10.9. The van der Waals surface area contributed by atoms with E-state index in [1.165, 1.54) is 11.3 Å². The Morgan fingerprint density at radius 2 is 1.94 bits per heavy atom. The van der Waals surface area contributed by atoms with Gasteiger partial charge in [-0.25, -0.2) is 0 Å². The predicted molar refractivity (Wildman–Crippen MR) is 72.7 cm³/mol. The fourth-order valence-corrected chi connectivity index (χ4v) is 2.52. The number of hydrogen-bond acceptors (Lipinski definition) is 3. The maximum absolute atomic E-state index is 11.3. The van der Waals surface area contributed by atoms with E-state index in [4.69, 9.17) is 0 Å². The lowest BCUT2D eigenvalue weighted by Gasteiger charge is -2.19. The van der Waals surface area contributed by atoms with Gasteiger partial charge in [-0.15, -0.1) is 0 Å². The van der Waals surface area contributed by atoms with Gasteiger partial charge in [0.1, 0.15) is 6.04 Å². The van der Waals surface area contributed by atoms with Crippen molar-refractivity contribution >= 4 is 17.3 Å². The second kappa shape index (κ2) is 5.80. The molecule has 1 aromatic heterocycles. The Morgan fingerprint density at radius 1 is 1.22 bits per heavy atom. The number of carbonyl (C=O) groups is 1. The number of rotatable bonds is 5. The van der Waals surface area contributed by atoms with Gasteiger partial charge in [-0.1, -0.05) is 30.3 Å². The van der Waals surface area contributed by atoms with Gasteiger partial charge in [-0.05, 0) is 34.9 Å². The standard InChI is InChI=1S/C14H15NO2S/c1-10(11-5-3-2-4-6-11)15-13(14(16)17)12-7-8-18-9-12/h2-10,13,15H,1H3,(H,16,17). The summed E-state index contributed by atoms with van der Waals surface area (Å²) in [5, 5.41) is 16.2. The van der Waals surface area contributed by atoms with Crippen molar-refractivity contribution in [2.75, 3.05) is 0 Å². The average molecular weight is 261 g/mol. The van der Waals surface area contributed by atoms with Crippen molar-refractivity contribution in [2.24, 2.45) is 0 Å². The summed E-state index contributed by atoms with van der Waals surface area (Å²) in [5.74, 6) is -0.851. The Kier molecular flexibility index (Phi) is 4.12. The first-order chi connectivity index (χ1) is 8.68. The molecule has 18 heavy (non-hydrogen) atoms. The van der Waals surface area contributed by atoms with E-state index in [1.54, 1.807) is 0 Å². The van der Waals surface area contributed by atoms with E-state index in [2.05, 4.69) is 5.32 Å². The summed E-state index contributed by atoms with van der Waals surface area (Å²) >= 11 is 1.50. The van der Waals surface area contributed by atoms with Crippen LogP contribution in [0.3, 0.4) is 0 Å². The summed E-state index contributed by atoms with van der Waals surface area (Å²) in [6.07, 6.45) is 0. The van der Waals surface area contributed by atoms with Crippen molar-refractivity contribution in [3.05, 3.63) is 58.3 Å². The van der Waals surface area contributed by atoms with E-state index in [1.807, 2.05) is 54.1 Å². The molecule has 0 aliphatic heterocycles. The van der Waals surface area contributed by atoms with Crippen LogP contribution in [0.4, 0.5) is 0 Å². The Hall–Kier alpha value is -1.65. The van der Waals surface area contributed by atoms with Gasteiger partial charge in [0.25, 0.3) is 0 Å². The van der Waals surface area contributed by atoms with E-state index in [0.717, 1.165) is 11.1 Å². The van der Waals surface area contributed by atoms with Crippen molar-refractivity contribution in [3.8, 4) is 0 Å². The van der Waals surface area contributed by atoms with E-state index < -0.39 is 12.0 Å². The number of hydrogen-bond donors (Lipinski definition) is 2. The number of carboxylic acid groups (broad SMARTS) is 1. The van der Waals surface area contributed by atoms with Crippen LogP contribution in [0.5, 0.6) is 0 Å². The third-order valence-corrected chi connectivity index (χ3v) is 3.54. The number of carboxylic acids is 1. The fraction of sp³-hybridized carbons (Fsp3) is 0.214. The van der Waals surface area contributed by atoms with Crippen LogP contribution in [0, 0.1) is 0 Å². The minimum atomic E-state index is -0.851. The highest BCUT2D eigenvalue weighted by Gasteiger charge is 2.22. The molecule has 0 saturated heterocycles. The lowest BCUT2D eigenvalue weighted by Crippen LogP contribution is -2.30. The maximum Gasteiger partial charge on any atom is 0.325 e. The first-order valence-corrected chi connectivity index (χ1v) is 6.68. The molecule has 0 aliphatic carbocycles. The first kappa shape index (κ1) is 12.8. The summed E-state index contributed by atoms with van der Waals surface area (Å²) in [5.41, 5.74) is 1.88. The molecule has 0 amide bonds. The van der Waals surface area contributed by atoms with Gasteiger partial charge in [-0.3, -0.25) is 10.1 Å². The van der Waals surface area contributed by atoms with Crippen molar-refractivity contribution in [1.29, 1.82) is 0 Å². The third kappa shape index (κ3) is 2.97. The molecule has 94 valence electrons. The minimum Gasteiger partial charge on any atom is -0.480 e. The molecular weight excluding hydrogens is 246 g/mol. The van der Waals surface area contributed by atoms with E-state index >= 15 is 0 Å². The quantitative estimate of drug-likeness (QED) is 0.868. The van der Waals surface area contributed by atoms with Gasteiger partial charge in [0.15, 0.2) is 0 Å². The summed E-state index contributed by atoms with van der Waals surface area (Å²) in [6, 6.07) is 11.0. The Labute approximate surface area is 110 Å². The van der Waals surface area contributed by atoms with Crippen LogP contribution < -0.4 is 5.32 Å². The van der Waals surface area contributed by atoms with Crippen molar-refractivity contribution in [3.63, 3.8) is 0 Å². The number of nitrogens with one attached hydrogen (secondary N) is 1. The molecule has 2 atom stereocenters. The topological polar surface area (TPSA) is 49.3 Å². The molecule has 3 nitrogen and oxygen atoms in total. The lowest BCUT2D eigenvalue weighted by atomic mass is 10.1. The average Bonchev–Trinajstić information content (AvgIpc) is 2.90. The molecule has 2 unspecified atom stereocenters. The highest BCUT2D eigenvalue weighted by molar-refractivity contribution is 7.08. The minimum absolute atomic E-state index is 0.00722. The first-order valence-electron chi connectivity index (χ1n) is 5.74. The highest BCUT2D eigenvalue weighted by Crippen LogP contribution is 2.21. The van der Waals surface area contributed by atoms with Crippen LogP contribution in [-0.4, -0.2) is 11.1 Å². The van der Waals surface area contributed by atoms with E-state index in [9.17, 15) is 9.90 Å². The smallest absolute Gasteiger partial charge is 0.325 e. The van der Waals surface area contributed by atoms with Crippen molar-refractivity contribution in [1.82, 2.24) is 5.32 Å². The highest BCUT2D eigenvalue weighted by atomic mass is 32.1. The summed E-state index contributed by atoms with van der Waals surface area (Å²) in [7, 11) is 0. The van der Waals surface area contributed by atoms with Gasteiger partial charge in [0.2, 0.25) is 0 Å². The van der Waals surface area contributed by atoms with Crippen LogP contribution in [0.1, 0.15) is 30.1 Å². The summed E-state index contributed by atoms with van der Waals surface area (Å²) in [6.45, 7) is 1.97. The fourth-order valence-electron chi connectivity index (χ4n) is 1.84. The second-order valence-corrected chi connectivity index (χ2v) is 4.91. The predicted octanol–water partition coefficient (Wildman–Crippen LogP) is 3.22. The molecule has 1 aromatic carbocycles. The molecule has 4 heteroatoms.